The smallest absolute Gasteiger partial charge is 0.318 e. The largest absolute Gasteiger partial charge is 0.464 e. The van der Waals surface area contributed by atoms with Crippen LogP contribution in [0.4, 0.5) is 10.6 Å². The topological polar surface area (TPSA) is 61.6 Å². The lowest BCUT2D eigenvalue weighted by Gasteiger charge is -2.24. The standard InChI is InChI=1S/C19H26N4O2/c1-4-15-9-10-17(25-15)16-8-6-12-23(16)19(24)21-13-14-7-5-11-20-18(14)22(2)3/h5,7,9-11,16H,4,6,8,12-13H2,1-3H3,(H,21,24)/t16-/m0/s1. The van der Waals surface area contributed by atoms with Crippen molar-refractivity contribution in [2.75, 3.05) is 25.5 Å². The average molecular weight is 342 g/mol. The summed E-state index contributed by atoms with van der Waals surface area (Å²) < 4.78 is 5.87. The molecule has 0 radical (unpaired) electrons. The summed E-state index contributed by atoms with van der Waals surface area (Å²) in [5, 5.41) is 3.04. The number of aryl methyl sites for hydroxylation is 1. The van der Waals surface area contributed by atoms with Crippen molar-refractivity contribution in [3.8, 4) is 0 Å². The van der Waals surface area contributed by atoms with Gasteiger partial charge in [-0.1, -0.05) is 13.0 Å². The Labute approximate surface area is 148 Å². The fourth-order valence-electron chi connectivity index (χ4n) is 3.31. The molecule has 0 spiro atoms. The first-order valence-corrected chi connectivity index (χ1v) is 8.84. The van der Waals surface area contributed by atoms with Crippen LogP contribution in [-0.2, 0) is 13.0 Å². The Morgan fingerprint density at radius 3 is 2.96 bits per heavy atom. The fourth-order valence-corrected chi connectivity index (χ4v) is 3.31. The van der Waals surface area contributed by atoms with E-state index < -0.39 is 0 Å². The monoisotopic (exact) mass is 342 g/mol. The normalized spacial score (nSPS) is 16.9. The second-order valence-electron chi connectivity index (χ2n) is 6.55. The molecule has 1 N–H and O–H groups in total. The molecule has 25 heavy (non-hydrogen) atoms. The van der Waals surface area contributed by atoms with E-state index in [-0.39, 0.29) is 12.1 Å². The summed E-state index contributed by atoms with van der Waals surface area (Å²) in [5.74, 6) is 2.73. The highest BCUT2D eigenvalue weighted by molar-refractivity contribution is 5.75. The van der Waals surface area contributed by atoms with Gasteiger partial charge < -0.3 is 19.5 Å². The van der Waals surface area contributed by atoms with Gasteiger partial charge in [0.25, 0.3) is 0 Å². The van der Waals surface area contributed by atoms with Gasteiger partial charge in [0, 0.05) is 45.4 Å². The number of nitrogens with zero attached hydrogens (tertiary/aromatic N) is 3. The Hall–Kier alpha value is -2.50. The Kier molecular flexibility index (Phi) is 5.26. The molecule has 6 heteroatoms. The summed E-state index contributed by atoms with van der Waals surface area (Å²) in [7, 11) is 3.90. The number of nitrogens with one attached hydrogen (secondary N) is 1. The van der Waals surface area contributed by atoms with E-state index in [9.17, 15) is 4.79 Å². The Balaban J connectivity index is 1.66. The summed E-state index contributed by atoms with van der Waals surface area (Å²) in [6.45, 7) is 3.28. The number of carbonyl (C=O) groups excluding carboxylic acids is 1. The van der Waals surface area contributed by atoms with Crippen LogP contribution < -0.4 is 10.2 Å². The molecule has 0 bridgehead atoms. The maximum absolute atomic E-state index is 12.7. The molecular weight excluding hydrogens is 316 g/mol. The van der Waals surface area contributed by atoms with Gasteiger partial charge in [-0.2, -0.15) is 0 Å². The first kappa shape index (κ1) is 17.3. The highest BCUT2D eigenvalue weighted by atomic mass is 16.3. The van der Waals surface area contributed by atoms with Crippen LogP contribution >= 0.6 is 0 Å². The van der Waals surface area contributed by atoms with Crippen molar-refractivity contribution >= 4 is 11.8 Å². The molecule has 1 aliphatic heterocycles. The van der Waals surface area contributed by atoms with E-state index in [1.807, 2.05) is 48.2 Å². The third-order valence-electron chi connectivity index (χ3n) is 4.59. The molecule has 0 unspecified atom stereocenters. The van der Waals surface area contributed by atoms with Gasteiger partial charge in [-0.25, -0.2) is 9.78 Å². The van der Waals surface area contributed by atoms with Crippen LogP contribution in [0.25, 0.3) is 0 Å². The first-order chi connectivity index (χ1) is 12.1. The molecule has 0 aliphatic carbocycles. The number of carbonyl (C=O) groups is 1. The number of urea groups is 1. The van der Waals surface area contributed by atoms with Gasteiger partial charge in [0.15, 0.2) is 0 Å². The molecule has 1 aliphatic rings. The molecule has 0 saturated carbocycles. The van der Waals surface area contributed by atoms with Crippen LogP contribution in [0.2, 0.25) is 0 Å². The van der Waals surface area contributed by atoms with Crippen molar-refractivity contribution in [3.05, 3.63) is 47.5 Å². The molecule has 3 rings (SSSR count). The van der Waals surface area contributed by atoms with Crippen LogP contribution in [-0.4, -0.2) is 36.6 Å². The molecule has 2 aromatic rings. The van der Waals surface area contributed by atoms with Crippen LogP contribution in [0.5, 0.6) is 0 Å². The number of pyridine rings is 1. The van der Waals surface area contributed by atoms with Gasteiger partial charge in [-0.05, 0) is 31.0 Å². The molecule has 0 aromatic carbocycles. The minimum absolute atomic E-state index is 0.0301. The molecule has 2 amide bonds. The Bertz CT molecular complexity index is 726. The lowest BCUT2D eigenvalue weighted by atomic mass is 10.2. The molecule has 1 fully saturated rings. The number of aromatic nitrogens is 1. The SMILES string of the molecule is CCc1ccc([C@@H]2CCCN2C(=O)NCc2cccnc2N(C)C)o1. The number of rotatable bonds is 5. The van der Waals surface area contributed by atoms with E-state index in [0.717, 1.165) is 48.7 Å². The van der Waals surface area contributed by atoms with Crippen molar-refractivity contribution in [2.24, 2.45) is 0 Å². The van der Waals surface area contributed by atoms with Gasteiger partial charge in [-0.3, -0.25) is 0 Å². The number of furan rings is 1. The molecule has 6 nitrogen and oxygen atoms in total. The van der Waals surface area contributed by atoms with E-state index in [1.54, 1.807) is 6.20 Å². The van der Waals surface area contributed by atoms with Crippen molar-refractivity contribution in [3.63, 3.8) is 0 Å². The summed E-state index contributed by atoms with van der Waals surface area (Å²) in [5.41, 5.74) is 1.00. The number of hydrogen-bond acceptors (Lipinski definition) is 4. The number of likely N-dealkylation sites (tertiary alicyclic amines) is 1. The van der Waals surface area contributed by atoms with Gasteiger partial charge in [0.05, 0.1) is 6.04 Å². The first-order valence-electron chi connectivity index (χ1n) is 8.84. The molecule has 2 aromatic heterocycles. The zero-order chi connectivity index (χ0) is 17.8. The summed E-state index contributed by atoms with van der Waals surface area (Å²) >= 11 is 0. The van der Waals surface area contributed by atoms with Crippen molar-refractivity contribution < 1.29 is 9.21 Å². The van der Waals surface area contributed by atoms with E-state index in [4.69, 9.17) is 4.42 Å². The van der Waals surface area contributed by atoms with Gasteiger partial charge in [-0.15, -0.1) is 0 Å². The third kappa shape index (κ3) is 3.78. The van der Waals surface area contributed by atoms with E-state index in [2.05, 4.69) is 17.2 Å². The minimum atomic E-state index is -0.0505. The van der Waals surface area contributed by atoms with Crippen molar-refractivity contribution in [1.82, 2.24) is 15.2 Å². The number of hydrogen-bond donors (Lipinski definition) is 1. The summed E-state index contributed by atoms with van der Waals surface area (Å²) in [6.07, 6.45) is 4.57. The highest BCUT2D eigenvalue weighted by Crippen LogP contribution is 2.33. The average Bonchev–Trinajstić information content (AvgIpc) is 3.28. The van der Waals surface area contributed by atoms with Gasteiger partial charge in [0.1, 0.15) is 17.3 Å². The third-order valence-corrected chi connectivity index (χ3v) is 4.59. The van der Waals surface area contributed by atoms with Gasteiger partial charge in [0.2, 0.25) is 0 Å². The zero-order valence-corrected chi connectivity index (χ0v) is 15.2. The minimum Gasteiger partial charge on any atom is -0.464 e. The van der Waals surface area contributed by atoms with Crippen LogP contribution in [0.3, 0.4) is 0 Å². The van der Waals surface area contributed by atoms with E-state index in [1.165, 1.54) is 0 Å². The maximum atomic E-state index is 12.7. The molecule has 134 valence electrons. The predicted octanol–water partition coefficient (Wildman–Crippen LogP) is 3.35. The quantitative estimate of drug-likeness (QED) is 0.905. The van der Waals surface area contributed by atoms with Crippen molar-refractivity contribution in [1.29, 1.82) is 0 Å². The van der Waals surface area contributed by atoms with Crippen LogP contribution in [0.15, 0.2) is 34.9 Å². The lowest BCUT2D eigenvalue weighted by molar-refractivity contribution is 0.185. The van der Waals surface area contributed by atoms with Gasteiger partial charge >= 0.3 is 6.03 Å². The van der Waals surface area contributed by atoms with E-state index >= 15 is 0 Å². The molecule has 1 atom stereocenters. The fraction of sp³-hybridized carbons (Fsp3) is 0.474. The summed E-state index contributed by atoms with van der Waals surface area (Å²) in [4.78, 5) is 20.9. The predicted molar refractivity (Wildman–Crippen MR) is 97.6 cm³/mol. The number of anilines is 1. The molecule has 1 saturated heterocycles. The highest BCUT2D eigenvalue weighted by Gasteiger charge is 2.32. The second kappa shape index (κ2) is 7.59. The Morgan fingerprint density at radius 2 is 2.24 bits per heavy atom. The second-order valence-corrected chi connectivity index (χ2v) is 6.55. The summed E-state index contributed by atoms with van der Waals surface area (Å²) in [6, 6.07) is 7.86. The molecular formula is C19H26N4O2. The Morgan fingerprint density at radius 1 is 1.40 bits per heavy atom. The number of amides is 2. The van der Waals surface area contributed by atoms with E-state index in [0.29, 0.717) is 6.54 Å². The van der Waals surface area contributed by atoms with Crippen LogP contribution in [0, 0.1) is 0 Å². The maximum Gasteiger partial charge on any atom is 0.318 e. The lowest BCUT2D eigenvalue weighted by Crippen LogP contribution is -2.39. The zero-order valence-electron chi connectivity index (χ0n) is 15.2. The van der Waals surface area contributed by atoms with Crippen molar-refractivity contribution in [2.45, 2.75) is 38.8 Å². The van der Waals surface area contributed by atoms with Crippen LogP contribution in [0.1, 0.15) is 42.9 Å². The molecule has 3 heterocycles.